The molecule has 7 heteroatoms. The van der Waals surface area contributed by atoms with E-state index in [0.717, 1.165) is 11.4 Å². The van der Waals surface area contributed by atoms with Gasteiger partial charge < -0.3 is 18.3 Å². The molecule has 17 rings (SSSR count). The Hall–Kier alpha value is -8.62. The summed E-state index contributed by atoms with van der Waals surface area (Å²) in [5.41, 5.74) is 20.9. The van der Waals surface area contributed by atoms with Gasteiger partial charge in [0.25, 0.3) is 0 Å². The molecule has 11 aromatic carbocycles. The highest BCUT2D eigenvalue weighted by molar-refractivity contribution is 8.56. The van der Waals surface area contributed by atoms with Crippen molar-refractivity contribution in [3.05, 3.63) is 237 Å². The van der Waals surface area contributed by atoms with Crippen LogP contribution in [0.3, 0.4) is 0 Å². The van der Waals surface area contributed by atoms with Crippen LogP contribution in [0, 0.1) is 0 Å². The van der Waals surface area contributed by atoms with Gasteiger partial charge in [0.2, 0.25) is 0 Å². The van der Waals surface area contributed by atoms with Gasteiger partial charge in [-0.15, -0.1) is 0 Å². The molecular formula is C66H39BN4S2. The van der Waals surface area contributed by atoms with Crippen LogP contribution in [-0.4, -0.2) is 23.5 Å². The van der Waals surface area contributed by atoms with Crippen LogP contribution >= 0.6 is 23.2 Å². The summed E-state index contributed by atoms with van der Waals surface area (Å²) < 4.78 is 9.94. The normalized spacial score (nSPS) is 13.1. The van der Waals surface area contributed by atoms with Crippen LogP contribution in [-0.2, 0) is 0 Å². The standard InChI is InChI=1S/C66H39BN4S2/c1-2-16-40(17-3-1)68-60-29-15-9-23-52(60)64-61(68)35-34-51-48-22-8-14-28-59(48)71(66(51)64)43-36-53-49-32-30-41(69-55-24-10-4-18-44(55)45-19-5-11-25-56(45)69)38-62(49)72-67-65(53)54(37-43)50-33-31-42(39-63(50)73-67)70-57-26-12-6-20-46(57)47-21-7-13-27-58(47)70/h1-39H. The predicted molar refractivity (Wildman–Crippen MR) is 312 cm³/mol. The van der Waals surface area contributed by atoms with Gasteiger partial charge >= 0.3 is 5.27 Å². The maximum atomic E-state index is 2.59. The topological polar surface area (TPSA) is 19.7 Å². The van der Waals surface area contributed by atoms with E-state index in [4.69, 9.17) is 0 Å². The number of rotatable bonds is 4. The largest absolute Gasteiger partial charge is 0.318 e. The van der Waals surface area contributed by atoms with Gasteiger partial charge in [-0.2, -0.15) is 23.2 Å². The quantitative estimate of drug-likeness (QED) is 0.164. The van der Waals surface area contributed by atoms with E-state index in [1.807, 2.05) is 23.2 Å². The van der Waals surface area contributed by atoms with E-state index < -0.39 is 0 Å². The fourth-order valence-electron chi connectivity index (χ4n) is 12.8. The van der Waals surface area contributed by atoms with Crippen molar-refractivity contribution in [3.8, 4) is 45.0 Å². The lowest BCUT2D eigenvalue weighted by Crippen LogP contribution is -2.34. The third-order valence-electron chi connectivity index (χ3n) is 15.8. The molecule has 338 valence electrons. The van der Waals surface area contributed by atoms with Crippen molar-refractivity contribution >= 4 is 121 Å². The molecule has 0 fully saturated rings. The summed E-state index contributed by atoms with van der Waals surface area (Å²) >= 11 is 4.01. The van der Waals surface area contributed by atoms with Crippen LogP contribution in [0.15, 0.2) is 246 Å². The van der Waals surface area contributed by atoms with E-state index in [2.05, 4.69) is 255 Å². The summed E-state index contributed by atoms with van der Waals surface area (Å²) in [5, 5.41) is 10.2. The average Bonchev–Trinajstić information content (AvgIpc) is 4.18. The second-order valence-electron chi connectivity index (χ2n) is 19.5. The lowest BCUT2D eigenvalue weighted by Gasteiger charge is -2.33. The Labute approximate surface area is 428 Å². The van der Waals surface area contributed by atoms with Crippen LogP contribution in [0.2, 0.25) is 0 Å². The van der Waals surface area contributed by atoms with Crippen molar-refractivity contribution in [2.75, 3.05) is 0 Å². The molecule has 0 saturated heterocycles. The number of aromatic nitrogens is 4. The van der Waals surface area contributed by atoms with Crippen molar-refractivity contribution in [2.24, 2.45) is 0 Å². The Kier molecular flexibility index (Phi) is 8.21. The van der Waals surface area contributed by atoms with E-state index in [1.54, 1.807) is 0 Å². The predicted octanol–water partition coefficient (Wildman–Crippen LogP) is 17.3. The van der Waals surface area contributed by atoms with Gasteiger partial charge in [-0.05, 0) is 119 Å². The SMILES string of the molecule is c1ccc(-n2c3ccccc3c3c2ccc2c4ccccc4n(-c4cc5c6c(c4)-c4ccc(-n7c8ccccc8c8ccccc87)cc4SB6Sc4cc(-n6c7ccccc7c7ccccc76)ccc4-5)c23)cc1. The Morgan fingerprint density at radius 3 is 1.15 bits per heavy atom. The van der Waals surface area contributed by atoms with Crippen LogP contribution in [0.1, 0.15) is 0 Å². The Balaban J connectivity index is 0.953. The van der Waals surface area contributed by atoms with Crippen molar-refractivity contribution in [2.45, 2.75) is 9.79 Å². The fourth-order valence-corrected chi connectivity index (χ4v) is 15.8. The number of fused-ring (bicyclic) bond motifs is 17. The van der Waals surface area contributed by atoms with E-state index in [1.165, 1.54) is 136 Å². The molecule has 4 aromatic heterocycles. The van der Waals surface area contributed by atoms with Crippen molar-refractivity contribution in [1.29, 1.82) is 0 Å². The number of hydrogen-bond donors (Lipinski definition) is 0. The number of hydrogen-bond acceptors (Lipinski definition) is 2. The molecule has 2 aliphatic heterocycles. The summed E-state index contributed by atoms with van der Waals surface area (Å²) in [7, 11) is 0. The molecule has 0 atom stereocenters. The molecule has 0 spiro atoms. The Morgan fingerprint density at radius 1 is 0.260 bits per heavy atom. The van der Waals surface area contributed by atoms with Crippen LogP contribution in [0.4, 0.5) is 0 Å². The first-order valence-corrected chi connectivity index (χ1v) is 26.8. The minimum Gasteiger partial charge on any atom is -0.309 e. The summed E-state index contributed by atoms with van der Waals surface area (Å²) in [6.45, 7) is 0. The first kappa shape index (κ1) is 40.0. The fraction of sp³-hybridized carbons (Fsp3) is 0. The number of benzene rings is 11. The van der Waals surface area contributed by atoms with E-state index >= 15 is 0 Å². The molecule has 6 heterocycles. The van der Waals surface area contributed by atoms with Gasteiger partial charge in [-0.3, -0.25) is 0 Å². The lowest BCUT2D eigenvalue weighted by atomic mass is 9.77. The molecule has 0 bridgehead atoms. The van der Waals surface area contributed by atoms with Gasteiger partial charge in [0.15, 0.2) is 0 Å². The van der Waals surface area contributed by atoms with E-state index in [-0.39, 0.29) is 5.27 Å². The zero-order valence-electron chi connectivity index (χ0n) is 39.2. The second kappa shape index (κ2) is 15.0. The summed E-state index contributed by atoms with van der Waals surface area (Å²) in [6.07, 6.45) is 0. The smallest absolute Gasteiger partial charge is 0.309 e. The molecule has 0 aliphatic carbocycles. The molecule has 4 nitrogen and oxygen atoms in total. The van der Waals surface area contributed by atoms with Crippen LogP contribution < -0.4 is 5.46 Å². The Morgan fingerprint density at radius 2 is 0.658 bits per heavy atom. The minimum atomic E-state index is 0.134. The van der Waals surface area contributed by atoms with Gasteiger partial charge in [0, 0.05) is 75.6 Å². The minimum absolute atomic E-state index is 0.134. The first-order valence-electron chi connectivity index (χ1n) is 25.0. The third-order valence-corrected chi connectivity index (χ3v) is 18.5. The third kappa shape index (κ3) is 5.50. The van der Waals surface area contributed by atoms with Gasteiger partial charge in [-0.25, -0.2) is 0 Å². The molecule has 73 heavy (non-hydrogen) atoms. The summed E-state index contributed by atoms with van der Waals surface area (Å²) in [5.74, 6) is 0. The lowest BCUT2D eigenvalue weighted by molar-refractivity contribution is 1.16. The molecule has 0 N–H and O–H groups in total. The highest BCUT2D eigenvalue weighted by atomic mass is 32.2. The van der Waals surface area contributed by atoms with Gasteiger partial charge in [0.05, 0.1) is 44.1 Å². The number of nitrogens with zero attached hydrogens (tertiary/aromatic N) is 4. The van der Waals surface area contributed by atoms with Gasteiger partial charge in [-0.1, -0.05) is 146 Å². The maximum Gasteiger partial charge on any atom is 0.318 e. The van der Waals surface area contributed by atoms with Crippen molar-refractivity contribution in [1.82, 2.24) is 18.3 Å². The van der Waals surface area contributed by atoms with Crippen LogP contribution in [0.25, 0.3) is 132 Å². The molecular weight excluding hydrogens is 924 g/mol. The summed E-state index contributed by atoms with van der Waals surface area (Å²) in [6, 6.07) is 88.3. The van der Waals surface area contributed by atoms with Crippen molar-refractivity contribution < 1.29 is 0 Å². The monoisotopic (exact) mass is 962 g/mol. The number of para-hydroxylation sites is 7. The highest BCUT2D eigenvalue weighted by Gasteiger charge is 2.38. The average molecular weight is 963 g/mol. The van der Waals surface area contributed by atoms with Gasteiger partial charge in [0.1, 0.15) is 0 Å². The molecule has 0 saturated carbocycles. The zero-order valence-corrected chi connectivity index (χ0v) is 40.8. The van der Waals surface area contributed by atoms with Crippen LogP contribution in [0.5, 0.6) is 0 Å². The molecule has 15 aromatic rings. The van der Waals surface area contributed by atoms with Crippen molar-refractivity contribution in [3.63, 3.8) is 0 Å². The highest BCUT2D eigenvalue weighted by Crippen LogP contribution is 2.52. The first-order chi connectivity index (χ1) is 36.2. The summed E-state index contributed by atoms with van der Waals surface area (Å²) in [4.78, 5) is 2.59. The molecule has 0 unspecified atom stereocenters. The zero-order chi connectivity index (χ0) is 47.5. The molecule has 0 amide bonds. The molecule has 2 aliphatic rings. The molecule has 0 radical (unpaired) electrons. The Bertz CT molecular complexity index is 4590. The maximum absolute atomic E-state index is 2.59. The second-order valence-corrected chi connectivity index (χ2v) is 22.1. The van der Waals surface area contributed by atoms with E-state index in [0.29, 0.717) is 0 Å². The van der Waals surface area contributed by atoms with E-state index in [9.17, 15) is 0 Å².